The van der Waals surface area contributed by atoms with E-state index in [-0.39, 0.29) is 0 Å². The Labute approximate surface area is 115 Å². The van der Waals surface area contributed by atoms with Gasteiger partial charge in [-0.3, -0.25) is 4.65 Å². The molecule has 0 aliphatic rings. The van der Waals surface area contributed by atoms with E-state index in [9.17, 15) is 0 Å². The van der Waals surface area contributed by atoms with Gasteiger partial charge in [-0.1, -0.05) is 39.5 Å². The van der Waals surface area contributed by atoms with Crippen molar-refractivity contribution in [2.24, 2.45) is 0 Å². The lowest BCUT2D eigenvalue weighted by Crippen LogP contribution is -2.66. The van der Waals surface area contributed by atoms with E-state index in [1.807, 2.05) is 13.7 Å². The summed E-state index contributed by atoms with van der Waals surface area (Å²) in [6, 6.07) is 2.27. The summed E-state index contributed by atoms with van der Waals surface area (Å²) in [5.41, 5.74) is 0. The van der Waals surface area contributed by atoms with Crippen LogP contribution < -0.4 is 4.65 Å². The van der Waals surface area contributed by atoms with Gasteiger partial charge in [0.05, 0.1) is 0 Å². The largest absolute Gasteiger partial charge is 0.416 e. The van der Waals surface area contributed by atoms with E-state index in [4.69, 9.17) is 13.3 Å². The molecule has 0 spiro atoms. The van der Waals surface area contributed by atoms with E-state index in [1.54, 1.807) is 14.2 Å². The predicted octanol–water partition coefficient (Wildman–Crippen LogP) is 3.13. The summed E-state index contributed by atoms with van der Waals surface area (Å²) in [4.78, 5) is 0. The predicted molar refractivity (Wildman–Crippen MR) is 81.0 cm³/mol. The molecule has 0 radical (unpaired) electrons. The van der Waals surface area contributed by atoms with Crippen LogP contribution in [0.3, 0.4) is 0 Å². The number of nitrogens with one attached hydrogen (secondary N) is 1. The first-order valence-corrected chi connectivity index (χ1v) is 11.6. The van der Waals surface area contributed by atoms with E-state index >= 15 is 0 Å². The van der Waals surface area contributed by atoms with Crippen molar-refractivity contribution in [3.05, 3.63) is 0 Å². The highest BCUT2D eigenvalue weighted by molar-refractivity contribution is 6.84. The first-order chi connectivity index (χ1) is 8.51. The summed E-state index contributed by atoms with van der Waals surface area (Å²) in [6.07, 6.45) is 4.80. The SMILES string of the molecule is CCCC[Si](CCCC)(N[Si](C)(OC)OC)OC. The van der Waals surface area contributed by atoms with Crippen LogP contribution in [0.15, 0.2) is 0 Å². The molecule has 0 unspecified atom stereocenters. The van der Waals surface area contributed by atoms with E-state index < -0.39 is 17.2 Å². The monoisotopic (exact) mass is 293 g/mol. The van der Waals surface area contributed by atoms with Gasteiger partial charge in [0.15, 0.2) is 0 Å². The number of hydrogen-bond donors (Lipinski definition) is 1. The van der Waals surface area contributed by atoms with Crippen molar-refractivity contribution in [3.8, 4) is 0 Å². The fourth-order valence-electron chi connectivity index (χ4n) is 2.03. The lowest BCUT2D eigenvalue weighted by atomic mass is 10.4. The first-order valence-electron chi connectivity index (χ1n) is 6.96. The van der Waals surface area contributed by atoms with Gasteiger partial charge in [-0.2, -0.15) is 0 Å². The fraction of sp³-hybridized carbons (Fsp3) is 1.00. The van der Waals surface area contributed by atoms with Gasteiger partial charge in [-0.25, -0.2) is 0 Å². The third kappa shape index (κ3) is 5.94. The van der Waals surface area contributed by atoms with E-state index in [0.717, 1.165) is 12.1 Å². The van der Waals surface area contributed by atoms with Gasteiger partial charge in [0.1, 0.15) is 0 Å². The highest BCUT2D eigenvalue weighted by Crippen LogP contribution is 2.22. The summed E-state index contributed by atoms with van der Waals surface area (Å²) in [7, 11) is 1.08. The molecule has 0 aromatic carbocycles. The second kappa shape index (κ2) is 9.22. The van der Waals surface area contributed by atoms with Crippen molar-refractivity contribution < 1.29 is 13.3 Å². The zero-order valence-corrected chi connectivity index (χ0v) is 15.0. The molecule has 1 N–H and O–H groups in total. The Bertz CT molecular complexity index is 205. The molecular formula is C12H31NO3Si2. The van der Waals surface area contributed by atoms with Gasteiger partial charge in [0.2, 0.25) is 0 Å². The molecule has 18 heavy (non-hydrogen) atoms. The first kappa shape index (κ1) is 18.3. The van der Waals surface area contributed by atoms with Crippen LogP contribution in [0.2, 0.25) is 18.6 Å². The average molecular weight is 294 g/mol. The summed E-state index contributed by atoms with van der Waals surface area (Å²) < 4.78 is 20.7. The summed E-state index contributed by atoms with van der Waals surface area (Å²) in [6.45, 7) is 6.49. The minimum atomic E-state index is -2.27. The molecule has 0 aliphatic carbocycles. The van der Waals surface area contributed by atoms with Crippen LogP contribution >= 0.6 is 0 Å². The maximum atomic E-state index is 5.94. The van der Waals surface area contributed by atoms with Crippen LogP contribution in [0, 0.1) is 0 Å². The van der Waals surface area contributed by atoms with Crippen LogP contribution in [0.5, 0.6) is 0 Å². The molecule has 4 nitrogen and oxygen atoms in total. The minimum Gasteiger partial charge on any atom is -0.407 e. The van der Waals surface area contributed by atoms with Gasteiger partial charge >= 0.3 is 8.72 Å². The van der Waals surface area contributed by atoms with Crippen LogP contribution in [0.25, 0.3) is 0 Å². The van der Waals surface area contributed by atoms with Crippen LogP contribution in [0.4, 0.5) is 0 Å². The number of rotatable bonds is 11. The Morgan fingerprint density at radius 2 is 1.28 bits per heavy atom. The summed E-state index contributed by atoms with van der Waals surface area (Å²) in [5.74, 6) is 0. The molecule has 0 atom stereocenters. The highest BCUT2D eigenvalue weighted by Gasteiger charge is 2.43. The standard InChI is InChI=1S/C12H31NO3Si2/c1-7-9-11-18(16-5,12-10-8-2)13-17(6,14-3)15-4/h13H,7-12H2,1-6H3. The zero-order chi connectivity index (χ0) is 14.1. The van der Waals surface area contributed by atoms with Crippen molar-refractivity contribution in [1.29, 1.82) is 0 Å². The average Bonchev–Trinajstić information content (AvgIpc) is 2.42. The second-order valence-corrected chi connectivity index (χ2v) is 12.0. The summed E-state index contributed by atoms with van der Waals surface area (Å²) in [5, 5.41) is 0. The quantitative estimate of drug-likeness (QED) is 0.594. The topological polar surface area (TPSA) is 39.7 Å². The molecule has 0 saturated heterocycles. The molecule has 0 amide bonds. The molecular weight excluding hydrogens is 262 g/mol. The molecule has 110 valence electrons. The second-order valence-electron chi connectivity index (χ2n) is 4.88. The van der Waals surface area contributed by atoms with Gasteiger partial charge in [0.25, 0.3) is 8.48 Å². The Hall–Kier alpha value is 0.274. The smallest absolute Gasteiger partial charge is 0.407 e. The fourth-order valence-corrected chi connectivity index (χ4v) is 10.2. The van der Waals surface area contributed by atoms with Crippen molar-refractivity contribution in [2.75, 3.05) is 21.3 Å². The van der Waals surface area contributed by atoms with Gasteiger partial charge in [0, 0.05) is 21.3 Å². The number of unbranched alkanes of at least 4 members (excludes halogenated alkanes) is 2. The summed E-state index contributed by atoms with van der Waals surface area (Å²) >= 11 is 0. The molecule has 0 aromatic heterocycles. The van der Waals surface area contributed by atoms with E-state index in [0.29, 0.717) is 0 Å². The highest BCUT2D eigenvalue weighted by atomic mass is 28.4. The molecule has 0 fully saturated rings. The third-order valence-corrected chi connectivity index (χ3v) is 11.8. The van der Waals surface area contributed by atoms with Crippen molar-refractivity contribution in [3.63, 3.8) is 0 Å². The Morgan fingerprint density at radius 3 is 1.56 bits per heavy atom. The van der Waals surface area contributed by atoms with Crippen LogP contribution in [-0.2, 0) is 13.3 Å². The molecule has 0 saturated carbocycles. The minimum absolute atomic E-state index is 1.13. The molecule has 0 bridgehead atoms. The van der Waals surface area contributed by atoms with E-state index in [1.165, 1.54) is 25.7 Å². The normalized spacial score (nSPS) is 13.0. The lowest BCUT2D eigenvalue weighted by Gasteiger charge is -2.37. The molecule has 0 heterocycles. The molecule has 0 rings (SSSR count). The van der Waals surface area contributed by atoms with Crippen molar-refractivity contribution >= 4 is 17.2 Å². The Balaban J connectivity index is 4.79. The van der Waals surface area contributed by atoms with Crippen LogP contribution in [-0.4, -0.2) is 38.5 Å². The van der Waals surface area contributed by atoms with Crippen molar-refractivity contribution in [2.45, 2.75) is 58.2 Å². The number of hydrogen-bond acceptors (Lipinski definition) is 4. The lowest BCUT2D eigenvalue weighted by molar-refractivity contribution is 0.238. The van der Waals surface area contributed by atoms with Gasteiger partial charge in [-0.05, 0) is 18.6 Å². The van der Waals surface area contributed by atoms with Gasteiger partial charge in [-0.15, -0.1) is 0 Å². The van der Waals surface area contributed by atoms with Gasteiger partial charge < -0.3 is 13.3 Å². The molecule has 0 aliphatic heterocycles. The molecule has 0 aromatic rings. The van der Waals surface area contributed by atoms with Crippen LogP contribution in [0.1, 0.15) is 39.5 Å². The maximum Gasteiger partial charge on any atom is 0.416 e. The molecule has 6 heteroatoms. The van der Waals surface area contributed by atoms with Crippen molar-refractivity contribution in [1.82, 2.24) is 4.65 Å². The zero-order valence-electron chi connectivity index (χ0n) is 13.0. The third-order valence-electron chi connectivity index (χ3n) is 3.49. The maximum absolute atomic E-state index is 5.94. The van der Waals surface area contributed by atoms with E-state index in [2.05, 4.69) is 18.5 Å². The Kier molecular flexibility index (Phi) is 9.36. The Morgan fingerprint density at radius 1 is 0.833 bits per heavy atom.